The van der Waals surface area contributed by atoms with Crippen LogP contribution in [0.2, 0.25) is 0 Å². The summed E-state index contributed by atoms with van der Waals surface area (Å²) in [4.78, 5) is 0. The lowest BCUT2D eigenvalue weighted by Gasteiger charge is -2.03. The van der Waals surface area contributed by atoms with E-state index < -0.39 is 0 Å². The molecule has 0 aliphatic carbocycles. The lowest BCUT2D eigenvalue weighted by Crippen LogP contribution is -1.97. The second-order valence-electron chi connectivity index (χ2n) is 3.81. The van der Waals surface area contributed by atoms with E-state index in [9.17, 15) is 0 Å². The fourth-order valence-corrected chi connectivity index (χ4v) is 1.48. The molecule has 2 heteroatoms. The monoisotopic (exact) mass is 221 g/mol. The third-order valence-corrected chi connectivity index (χ3v) is 2.38. The molecule has 0 aromatic heterocycles. The van der Waals surface area contributed by atoms with Crippen molar-refractivity contribution in [3.05, 3.63) is 36.8 Å². The van der Waals surface area contributed by atoms with Crippen LogP contribution in [0.15, 0.2) is 30.3 Å². The predicted molar refractivity (Wildman–Crippen MR) is 66.4 cm³/mol. The molecule has 0 spiro atoms. The van der Waals surface area contributed by atoms with E-state index in [2.05, 4.69) is 6.42 Å². The van der Waals surface area contributed by atoms with Gasteiger partial charge in [-0.05, 0) is 25.0 Å². The fraction of sp³-hybridized carbons (Fsp3) is 0.500. The molecule has 0 heterocycles. The van der Waals surface area contributed by atoms with Gasteiger partial charge in [0.1, 0.15) is 5.75 Å². The molecule has 0 unspecified atom stereocenters. The molecule has 0 atom stereocenters. The molecule has 16 heavy (non-hydrogen) atoms. The van der Waals surface area contributed by atoms with Gasteiger partial charge < -0.3 is 9.84 Å². The smallest absolute Gasteiger partial charge is 0.119 e. The van der Waals surface area contributed by atoms with Crippen molar-refractivity contribution in [2.24, 2.45) is 0 Å². The zero-order valence-electron chi connectivity index (χ0n) is 9.77. The van der Waals surface area contributed by atoms with Crippen LogP contribution >= 0.6 is 0 Å². The predicted octanol–water partition coefficient (Wildman–Crippen LogP) is 3.21. The lowest BCUT2D eigenvalue weighted by atomic mass is 10.1. The summed E-state index contributed by atoms with van der Waals surface area (Å²) in [5.41, 5.74) is 0. The maximum atomic E-state index is 8.60. The molecule has 0 saturated carbocycles. The van der Waals surface area contributed by atoms with Gasteiger partial charge in [-0.1, -0.05) is 18.2 Å². The van der Waals surface area contributed by atoms with Crippen molar-refractivity contribution in [2.45, 2.75) is 32.1 Å². The van der Waals surface area contributed by atoms with E-state index in [-0.39, 0.29) is 0 Å². The minimum absolute atomic E-state index is 0.310. The Labute approximate surface area is 98.3 Å². The van der Waals surface area contributed by atoms with Crippen molar-refractivity contribution in [1.29, 1.82) is 0 Å². The highest BCUT2D eigenvalue weighted by atomic mass is 16.5. The van der Waals surface area contributed by atoms with Crippen molar-refractivity contribution in [3.63, 3.8) is 0 Å². The highest BCUT2D eigenvalue weighted by Crippen LogP contribution is 2.10. The molecule has 1 aromatic rings. The molecule has 2 nitrogen and oxygen atoms in total. The van der Waals surface area contributed by atoms with Gasteiger partial charge in [-0.15, -0.1) is 0 Å². The maximum absolute atomic E-state index is 8.60. The number of rotatable bonds is 9. The Hall–Kier alpha value is -1.15. The first-order valence-electron chi connectivity index (χ1n) is 6.04. The van der Waals surface area contributed by atoms with Crippen LogP contribution in [0.5, 0.6) is 5.75 Å². The average molecular weight is 221 g/mol. The maximum Gasteiger partial charge on any atom is 0.119 e. The normalized spacial score (nSPS) is 10.1. The highest BCUT2D eigenvalue weighted by molar-refractivity contribution is 5.20. The zero-order chi connectivity index (χ0) is 11.5. The fourth-order valence-electron chi connectivity index (χ4n) is 1.48. The molecule has 0 fully saturated rings. The van der Waals surface area contributed by atoms with Crippen LogP contribution in [0.3, 0.4) is 0 Å². The molecule has 1 rings (SSSR count). The van der Waals surface area contributed by atoms with Crippen molar-refractivity contribution >= 4 is 0 Å². The number of aliphatic hydroxyl groups is 1. The molecule has 1 N–H and O–H groups in total. The second-order valence-corrected chi connectivity index (χ2v) is 3.81. The third kappa shape index (κ3) is 6.36. The first-order valence-corrected chi connectivity index (χ1v) is 6.04. The van der Waals surface area contributed by atoms with E-state index in [0.717, 1.165) is 44.5 Å². The quantitative estimate of drug-likeness (QED) is 0.512. The van der Waals surface area contributed by atoms with Crippen LogP contribution in [-0.2, 0) is 0 Å². The Bertz CT molecular complexity index is 246. The Morgan fingerprint density at radius 1 is 1.00 bits per heavy atom. The van der Waals surface area contributed by atoms with Gasteiger partial charge in [-0.3, -0.25) is 0 Å². The Morgan fingerprint density at radius 3 is 2.50 bits per heavy atom. The summed E-state index contributed by atoms with van der Waals surface area (Å²) in [7, 11) is 0. The number of para-hydroxylation sites is 1. The third-order valence-electron chi connectivity index (χ3n) is 2.38. The molecule has 0 aliphatic rings. The molecule has 0 amide bonds. The standard InChI is InChI=1S/C14H21O2/c15-12-8-3-1-2-4-9-13-16-14-10-6-5-7-11-14/h2,5-7,10-11,15H,1,3-4,8-9,12-13H2/q+1. The van der Waals surface area contributed by atoms with Crippen LogP contribution in [-0.4, -0.2) is 18.3 Å². The summed E-state index contributed by atoms with van der Waals surface area (Å²) in [5.74, 6) is 0.947. The van der Waals surface area contributed by atoms with E-state index in [1.54, 1.807) is 0 Å². The van der Waals surface area contributed by atoms with Gasteiger partial charge in [0, 0.05) is 13.0 Å². The zero-order valence-corrected chi connectivity index (χ0v) is 9.77. The molecule has 0 radical (unpaired) electrons. The van der Waals surface area contributed by atoms with Crippen LogP contribution in [0, 0.1) is 6.42 Å². The summed E-state index contributed by atoms with van der Waals surface area (Å²) >= 11 is 0. The summed E-state index contributed by atoms with van der Waals surface area (Å²) < 4.78 is 5.57. The van der Waals surface area contributed by atoms with Gasteiger partial charge in [-0.25, -0.2) is 0 Å². The van der Waals surface area contributed by atoms with Crippen molar-refractivity contribution in [3.8, 4) is 5.75 Å². The first-order chi connectivity index (χ1) is 7.93. The summed E-state index contributed by atoms with van der Waals surface area (Å²) in [5, 5.41) is 8.60. The van der Waals surface area contributed by atoms with Crippen molar-refractivity contribution < 1.29 is 9.84 Å². The molecule has 88 valence electrons. The number of aliphatic hydroxyl groups excluding tert-OH is 1. The Balaban J connectivity index is 1.89. The minimum Gasteiger partial charge on any atom is -0.493 e. The molecule has 0 aliphatic heterocycles. The van der Waals surface area contributed by atoms with E-state index >= 15 is 0 Å². The van der Waals surface area contributed by atoms with Gasteiger partial charge in [0.25, 0.3) is 0 Å². The highest BCUT2D eigenvalue weighted by Gasteiger charge is 1.99. The number of hydrogen-bond donors (Lipinski definition) is 1. The molecule has 0 bridgehead atoms. The van der Waals surface area contributed by atoms with E-state index in [0.29, 0.717) is 6.61 Å². The number of hydrogen-bond acceptors (Lipinski definition) is 2. The SMILES string of the molecule is OCCCC[CH+]CCCOc1ccccc1. The average Bonchev–Trinajstić information content (AvgIpc) is 2.34. The minimum atomic E-state index is 0.310. The number of unbranched alkanes of at least 4 members (excludes halogenated alkanes) is 5. The van der Waals surface area contributed by atoms with E-state index in [1.165, 1.54) is 0 Å². The van der Waals surface area contributed by atoms with E-state index in [1.807, 2.05) is 30.3 Å². The van der Waals surface area contributed by atoms with Crippen LogP contribution in [0.1, 0.15) is 32.1 Å². The topological polar surface area (TPSA) is 29.5 Å². The Morgan fingerprint density at radius 2 is 1.75 bits per heavy atom. The van der Waals surface area contributed by atoms with Gasteiger partial charge in [0.2, 0.25) is 0 Å². The largest absolute Gasteiger partial charge is 0.493 e. The second kappa shape index (κ2) is 9.10. The number of benzene rings is 1. The van der Waals surface area contributed by atoms with Gasteiger partial charge in [0.15, 0.2) is 0 Å². The van der Waals surface area contributed by atoms with Crippen LogP contribution in [0.4, 0.5) is 0 Å². The Kier molecular flexibility index (Phi) is 7.35. The molecular weight excluding hydrogens is 200 g/mol. The lowest BCUT2D eigenvalue weighted by molar-refractivity contribution is 0.283. The van der Waals surface area contributed by atoms with Crippen molar-refractivity contribution in [2.75, 3.05) is 13.2 Å². The number of ether oxygens (including phenoxy) is 1. The molecule has 1 aromatic carbocycles. The summed E-state index contributed by atoms with van der Waals surface area (Å²) in [6.07, 6.45) is 7.55. The molecular formula is C14H21O2+. The summed E-state index contributed by atoms with van der Waals surface area (Å²) in [6.45, 7) is 1.09. The molecule has 0 saturated heterocycles. The van der Waals surface area contributed by atoms with Crippen LogP contribution in [0.25, 0.3) is 0 Å². The first kappa shape index (κ1) is 12.9. The van der Waals surface area contributed by atoms with Crippen LogP contribution < -0.4 is 4.74 Å². The summed E-state index contributed by atoms with van der Waals surface area (Å²) in [6, 6.07) is 9.91. The van der Waals surface area contributed by atoms with Crippen molar-refractivity contribution in [1.82, 2.24) is 0 Å². The van der Waals surface area contributed by atoms with E-state index in [4.69, 9.17) is 9.84 Å². The van der Waals surface area contributed by atoms with Gasteiger partial charge in [0.05, 0.1) is 25.9 Å². The van der Waals surface area contributed by atoms with Gasteiger partial charge >= 0.3 is 0 Å². The van der Waals surface area contributed by atoms with Gasteiger partial charge in [-0.2, -0.15) is 0 Å².